The van der Waals surface area contributed by atoms with Crippen LogP contribution >= 0.6 is 11.3 Å². The van der Waals surface area contributed by atoms with E-state index in [9.17, 15) is 0 Å². The van der Waals surface area contributed by atoms with Crippen molar-refractivity contribution in [3.8, 4) is 0 Å². The average molecular weight is 243 g/mol. The van der Waals surface area contributed by atoms with Gasteiger partial charge in [-0.3, -0.25) is 0 Å². The number of aliphatic hydroxyl groups excluding tert-OH is 1. The van der Waals surface area contributed by atoms with E-state index < -0.39 is 0 Å². The van der Waals surface area contributed by atoms with Gasteiger partial charge in [0.2, 0.25) is 0 Å². The predicted molar refractivity (Wildman–Crippen MR) is 68.0 cm³/mol. The van der Waals surface area contributed by atoms with Crippen molar-refractivity contribution in [2.45, 2.75) is 32.4 Å². The molecule has 16 heavy (non-hydrogen) atoms. The number of ether oxygens (including phenoxy) is 1. The third-order valence-corrected chi connectivity index (χ3v) is 3.83. The molecule has 0 aromatic carbocycles. The molecule has 0 saturated carbocycles. The zero-order valence-corrected chi connectivity index (χ0v) is 11.0. The van der Waals surface area contributed by atoms with E-state index in [1.165, 1.54) is 10.4 Å². The Kier molecular flexibility index (Phi) is 5.98. The molecule has 0 bridgehead atoms. The Labute approximate surface area is 101 Å². The number of aliphatic hydroxyl groups is 1. The van der Waals surface area contributed by atoms with Crippen molar-refractivity contribution in [3.63, 3.8) is 0 Å². The van der Waals surface area contributed by atoms with Gasteiger partial charge in [-0.15, -0.1) is 11.3 Å². The van der Waals surface area contributed by atoms with Crippen LogP contribution in [0.25, 0.3) is 0 Å². The zero-order valence-electron chi connectivity index (χ0n) is 10.2. The Balaban J connectivity index is 2.54. The summed E-state index contributed by atoms with van der Waals surface area (Å²) in [5.74, 6) is 0. The minimum atomic E-state index is 0.192. The highest BCUT2D eigenvalue weighted by Gasteiger charge is 2.15. The fraction of sp³-hybridized carbons (Fsp3) is 0.667. The molecule has 3 nitrogen and oxygen atoms in total. The van der Waals surface area contributed by atoms with Crippen molar-refractivity contribution in [1.29, 1.82) is 0 Å². The molecule has 1 heterocycles. The van der Waals surface area contributed by atoms with Gasteiger partial charge in [-0.2, -0.15) is 0 Å². The second kappa shape index (κ2) is 7.01. The summed E-state index contributed by atoms with van der Waals surface area (Å²) in [7, 11) is 1.69. The largest absolute Gasteiger partial charge is 0.396 e. The maximum absolute atomic E-state index is 8.97. The van der Waals surface area contributed by atoms with Gasteiger partial charge in [0.15, 0.2) is 0 Å². The van der Waals surface area contributed by atoms with E-state index in [4.69, 9.17) is 9.84 Å². The molecule has 0 aliphatic rings. The molecule has 0 aliphatic heterocycles. The molecule has 0 saturated heterocycles. The number of hydrogen-bond acceptors (Lipinski definition) is 4. The van der Waals surface area contributed by atoms with Crippen LogP contribution < -0.4 is 5.32 Å². The Morgan fingerprint density at radius 1 is 1.56 bits per heavy atom. The Morgan fingerprint density at radius 3 is 2.81 bits per heavy atom. The molecule has 1 aromatic rings. The minimum Gasteiger partial charge on any atom is -0.396 e. The highest BCUT2D eigenvalue weighted by Crippen LogP contribution is 2.23. The first-order chi connectivity index (χ1) is 7.69. The SMILES string of the molecule is COCC(CCO)NC(C)c1sccc1C. The summed E-state index contributed by atoms with van der Waals surface area (Å²) in [5, 5.41) is 14.6. The summed E-state index contributed by atoms with van der Waals surface area (Å²) in [6, 6.07) is 2.66. The monoisotopic (exact) mass is 243 g/mol. The standard InChI is InChI=1S/C12H21NO2S/c1-9-5-7-16-12(9)10(2)13-11(4-6-14)8-15-3/h5,7,10-11,13-14H,4,6,8H2,1-3H3. The van der Waals surface area contributed by atoms with Crippen LogP contribution in [0.1, 0.15) is 29.8 Å². The van der Waals surface area contributed by atoms with Crippen LogP contribution in [0.3, 0.4) is 0 Å². The van der Waals surface area contributed by atoms with E-state index >= 15 is 0 Å². The van der Waals surface area contributed by atoms with E-state index in [1.807, 2.05) is 0 Å². The molecule has 0 aliphatic carbocycles. The van der Waals surface area contributed by atoms with Gasteiger partial charge in [-0.25, -0.2) is 0 Å². The number of thiophene rings is 1. The highest BCUT2D eigenvalue weighted by atomic mass is 32.1. The third-order valence-electron chi connectivity index (χ3n) is 2.63. The number of aryl methyl sites for hydroxylation is 1. The first-order valence-electron chi connectivity index (χ1n) is 5.58. The lowest BCUT2D eigenvalue weighted by molar-refractivity contribution is 0.144. The van der Waals surface area contributed by atoms with Crippen LogP contribution in [-0.4, -0.2) is 31.5 Å². The van der Waals surface area contributed by atoms with Crippen LogP contribution in [0.2, 0.25) is 0 Å². The predicted octanol–water partition coefficient (Wildman–Crippen LogP) is 2.10. The van der Waals surface area contributed by atoms with Crippen LogP contribution in [0.4, 0.5) is 0 Å². The lowest BCUT2D eigenvalue weighted by atomic mass is 10.1. The molecular formula is C12H21NO2S. The molecule has 0 fully saturated rings. The molecule has 0 radical (unpaired) electrons. The summed E-state index contributed by atoms with van der Waals surface area (Å²) in [6.07, 6.45) is 0.725. The van der Waals surface area contributed by atoms with Gasteiger partial charge in [0.25, 0.3) is 0 Å². The van der Waals surface area contributed by atoms with Crippen molar-refractivity contribution < 1.29 is 9.84 Å². The minimum absolute atomic E-state index is 0.192. The summed E-state index contributed by atoms with van der Waals surface area (Å²) < 4.78 is 5.13. The van der Waals surface area contributed by atoms with Crippen LogP contribution in [0.5, 0.6) is 0 Å². The van der Waals surface area contributed by atoms with Crippen molar-refractivity contribution in [2.75, 3.05) is 20.3 Å². The Bertz CT molecular complexity index is 295. The van der Waals surface area contributed by atoms with E-state index in [1.54, 1.807) is 18.4 Å². The average Bonchev–Trinajstić information content (AvgIpc) is 2.65. The first-order valence-corrected chi connectivity index (χ1v) is 6.46. The van der Waals surface area contributed by atoms with Crippen molar-refractivity contribution in [1.82, 2.24) is 5.32 Å². The van der Waals surface area contributed by atoms with Gasteiger partial charge in [0.1, 0.15) is 0 Å². The lowest BCUT2D eigenvalue weighted by Crippen LogP contribution is -2.35. The van der Waals surface area contributed by atoms with Crippen molar-refractivity contribution in [2.24, 2.45) is 0 Å². The van der Waals surface area contributed by atoms with Gasteiger partial charge in [0, 0.05) is 30.7 Å². The fourth-order valence-electron chi connectivity index (χ4n) is 1.83. The van der Waals surface area contributed by atoms with Crippen molar-refractivity contribution >= 4 is 11.3 Å². The van der Waals surface area contributed by atoms with E-state index in [0.29, 0.717) is 12.6 Å². The quantitative estimate of drug-likeness (QED) is 0.770. The fourth-order valence-corrected chi connectivity index (χ4v) is 2.77. The summed E-state index contributed by atoms with van der Waals surface area (Å²) in [4.78, 5) is 1.36. The van der Waals surface area contributed by atoms with Gasteiger partial charge >= 0.3 is 0 Å². The molecule has 0 spiro atoms. The Morgan fingerprint density at radius 2 is 2.31 bits per heavy atom. The molecule has 1 aromatic heterocycles. The van der Waals surface area contributed by atoms with Crippen LogP contribution in [-0.2, 0) is 4.74 Å². The zero-order chi connectivity index (χ0) is 12.0. The van der Waals surface area contributed by atoms with Gasteiger partial charge in [-0.05, 0) is 37.3 Å². The molecular weight excluding hydrogens is 222 g/mol. The molecule has 2 unspecified atom stereocenters. The topological polar surface area (TPSA) is 41.5 Å². The number of hydrogen-bond donors (Lipinski definition) is 2. The molecule has 1 rings (SSSR count). The Hall–Kier alpha value is -0.420. The summed E-state index contributed by atoms with van der Waals surface area (Å²) in [5.41, 5.74) is 1.32. The van der Waals surface area contributed by atoms with E-state index in [0.717, 1.165) is 6.42 Å². The summed E-state index contributed by atoms with van der Waals surface area (Å²) >= 11 is 1.77. The van der Waals surface area contributed by atoms with Gasteiger partial charge in [0.05, 0.1) is 6.61 Å². The summed E-state index contributed by atoms with van der Waals surface area (Å²) in [6.45, 7) is 5.10. The van der Waals surface area contributed by atoms with Crippen LogP contribution in [0, 0.1) is 6.92 Å². The normalized spacial score (nSPS) is 15.0. The van der Waals surface area contributed by atoms with Crippen LogP contribution in [0.15, 0.2) is 11.4 Å². The maximum Gasteiger partial charge on any atom is 0.0616 e. The van der Waals surface area contributed by atoms with E-state index in [2.05, 4.69) is 30.6 Å². The van der Waals surface area contributed by atoms with Gasteiger partial charge in [-0.1, -0.05) is 0 Å². The number of rotatable bonds is 7. The number of methoxy groups -OCH3 is 1. The first kappa shape index (κ1) is 13.6. The van der Waals surface area contributed by atoms with Gasteiger partial charge < -0.3 is 15.2 Å². The van der Waals surface area contributed by atoms with E-state index in [-0.39, 0.29) is 12.6 Å². The third kappa shape index (κ3) is 3.87. The lowest BCUT2D eigenvalue weighted by Gasteiger charge is -2.22. The molecule has 92 valence electrons. The maximum atomic E-state index is 8.97. The smallest absolute Gasteiger partial charge is 0.0616 e. The second-order valence-corrected chi connectivity index (χ2v) is 4.97. The molecule has 2 N–H and O–H groups in total. The second-order valence-electron chi connectivity index (χ2n) is 4.02. The number of nitrogens with one attached hydrogen (secondary N) is 1. The highest BCUT2D eigenvalue weighted by molar-refractivity contribution is 7.10. The molecule has 0 amide bonds. The van der Waals surface area contributed by atoms with Crippen molar-refractivity contribution in [3.05, 3.63) is 21.9 Å². The molecule has 2 atom stereocenters. The molecule has 4 heteroatoms.